The minimum absolute atomic E-state index is 0.173. The van der Waals surface area contributed by atoms with Gasteiger partial charge in [-0.1, -0.05) is 35.5 Å². The van der Waals surface area contributed by atoms with Crippen LogP contribution < -0.4 is 14.8 Å². The normalized spacial score (nSPS) is 11.8. The van der Waals surface area contributed by atoms with Crippen LogP contribution in [0, 0.1) is 6.92 Å². The van der Waals surface area contributed by atoms with Crippen molar-refractivity contribution in [3.8, 4) is 21.5 Å². The quantitative estimate of drug-likeness (QED) is 0.639. The van der Waals surface area contributed by atoms with E-state index in [-0.39, 0.29) is 18.3 Å². The van der Waals surface area contributed by atoms with E-state index in [1.165, 1.54) is 6.20 Å². The van der Waals surface area contributed by atoms with Crippen LogP contribution in [0.5, 0.6) is 10.3 Å². The van der Waals surface area contributed by atoms with Gasteiger partial charge in [-0.25, -0.2) is 9.78 Å². The fraction of sp³-hybridized carbons (Fsp3) is 0.278. The van der Waals surface area contributed by atoms with Gasteiger partial charge in [0.25, 0.3) is 5.19 Å². The maximum atomic E-state index is 11.7. The molecule has 0 saturated carbocycles. The van der Waals surface area contributed by atoms with Gasteiger partial charge in [-0.15, -0.1) is 0 Å². The molecule has 2 N–H and O–H groups in total. The SMILES string of the molecule is Cc1onc(-c2ccccc2)c1COc1ncc(OC(=O)NC(C)CO)s1. The first kappa shape index (κ1) is 18.9. The molecule has 3 aromatic rings. The average molecular weight is 389 g/mol. The first-order valence-electron chi connectivity index (χ1n) is 8.25. The third kappa shape index (κ3) is 4.83. The van der Waals surface area contributed by atoms with Crippen LogP contribution in [-0.2, 0) is 6.61 Å². The lowest BCUT2D eigenvalue weighted by atomic mass is 10.1. The summed E-state index contributed by atoms with van der Waals surface area (Å²) >= 11 is 1.10. The van der Waals surface area contributed by atoms with Crippen molar-refractivity contribution in [1.29, 1.82) is 0 Å². The second-order valence-electron chi connectivity index (χ2n) is 5.78. The van der Waals surface area contributed by atoms with Crippen LogP contribution in [0.2, 0.25) is 0 Å². The van der Waals surface area contributed by atoms with Crippen molar-refractivity contribution >= 4 is 17.4 Å². The summed E-state index contributed by atoms with van der Waals surface area (Å²) in [5.74, 6) is 0.666. The summed E-state index contributed by atoms with van der Waals surface area (Å²) in [7, 11) is 0. The van der Waals surface area contributed by atoms with Crippen molar-refractivity contribution in [1.82, 2.24) is 15.5 Å². The van der Waals surface area contributed by atoms with Crippen molar-refractivity contribution in [3.05, 3.63) is 47.9 Å². The van der Waals surface area contributed by atoms with Crippen molar-refractivity contribution in [2.45, 2.75) is 26.5 Å². The van der Waals surface area contributed by atoms with Gasteiger partial charge in [0.2, 0.25) is 5.06 Å². The van der Waals surface area contributed by atoms with Crippen LogP contribution in [0.15, 0.2) is 41.1 Å². The molecule has 0 radical (unpaired) electrons. The first-order chi connectivity index (χ1) is 13.1. The predicted molar refractivity (Wildman–Crippen MR) is 98.8 cm³/mol. The predicted octanol–water partition coefficient (Wildman–Crippen LogP) is 3.15. The molecular formula is C18H19N3O5S. The van der Waals surface area contributed by atoms with Gasteiger partial charge in [-0.2, -0.15) is 0 Å². The molecule has 142 valence electrons. The van der Waals surface area contributed by atoms with Gasteiger partial charge in [0.05, 0.1) is 24.4 Å². The zero-order chi connectivity index (χ0) is 19.2. The number of thiazole rings is 1. The molecule has 27 heavy (non-hydrogen) atoms. The van der Waals surface area contributed by atoms with E-state index < -0.39 is 12.1 Å². The molecule has 0 fully saturated rings. The monoisotopic (exact) mass is 389 g/mol. The minimum Gasteiger partial charge on any atom is -0.465 e. The molecule has 2 heterocycles. The number of ether oxygens (including phenoxy) is 2. The summed E-state index contributed by atoms with van der Waals surface area (Å²) in [6, 6.07) is 9.29. The smallest absolute Gasteiger partial charge is 0.413 e. The number of carbonyl (C=O) groups is 1. The highest BCUT2D eigenvalue weighted by molar-refractivity contribution is 7.15. The Kier molecular flexibility index (Phi) is 6.05. The number of hydrogen-bond acceptors (Lipinski definition) is 8. The summed E-state index contributed by atoms with van der Waals surface area (Å²) in [5.41, 5.74) is 2.48. The van der Waals surface area contributed by atoms with Crippen molar-refractivity contribution in [2.24, 2.45) is 0 Å². The molecule has 0 bridgehead atoms. The second kappa shape index (κ2) is 8.65. The fourth-order valence-corrected chi connectivity index (χ4v) is 2.86. The maximum absolute atomic E-state index is 11.7. The van der Waals surface area contributed by atoms with Crippen LogP contribution in [0.3, 0.4) is 0 Å². The second-order valence-corrected chi connectivity index (χ2v) is 6.74. The highest BCUT2D eigenvalue weighted by Gasteiger charge is 2.17. The number of hydrogen-bond donors (Lipinski definition) is 2. The number of nitrogens with zero attached hydrogens (tertiary/aromatic N) is 2. The van der Waals surface area contributed by atoms with E-state index in [1.54, 1.807) is 6.92 Å². The van der Waals surface area contributed by atoms with E-state index in [1.807, 2.05) is 37.3 Å². The average Bonchev–Trinajstić information content (AvgIpc) is 3.26. The molecular weight excluding hydrogens is 370 g/mol. The number of aliphatic hydroxyl groups excluding tert-OH is 1. The Morgan fingerprint density at radius 1 is 1.37 bits per heavy atom. The topological polar surface area (TPSA) is 107 Å². The number of nitrogens with one attached hydrogen (secondary N) is 1. The van der Waals surface area contributed by atoms with Crippen LogP contribution >= 0.6 is 11.3 Å². The van der Waals surface area contributed by atoms with Crippen LogP contribution in [0.25, 0.3) is 11.3 Å². The lowest BCUT2D eigenvalue weighted by molar-refractivity contribution is 0.187. The first-order valence-corrected chi connectivity index (χ1v) is 9.07. The Morgan fingerprint density at radius 2 is 2.15 bits per heavy atom. The molecule has 0 aliphatic heterocycles. The minimum atomic E-state index is -0.659. The largest absolute Gasteiger partial charge is 0.465 e. The number of amides is 1. The number of aliphatic hydroxyl groups is 1. The summed E-state index contributed by atoms with van der Waals surface area (Å²) in [4.78, 5) is 15.7. The molecule has 0 saturated heterocycles. The number of carbonyl (C=O) groups excluding carboxylic acids is 1. The van der Waals surface area contributed by atoms with Gasteiger partial charge in [-0.05, 0) is 25.2 Å². The van der Waals surface area contributed by atoms with Gasteiger partial charge in [0.1, 0.15) is 18.1 Å². The molecule has 8 nitrogen and oxygen atoms in total. The van der Waals surface area contributed by atoms with E-state index in [4.69, 9.17) is 19.1 Å². The van der Waals surface area contributed by atoms with Gasteiger partial charge in [-0.3, -0.25) is 0 Å². The van der Waals surface area contributed by atoms with Gasteiger partial charge in [0, 0.05) is 5.56 Å². The van der Waals surface area contributed by atoms with Crippen molar-refractivity contribution < 1.29 is 23.9 Å². The number of aryl methyl sites for hydroxylation is 1. The van der Waals surface area contributed by atoms with Gasteiger partial charge in [0.15, 0.2) is 0 Å². The van der Waals surface area contributed by atoms with Crippen molar-refractivity contribution in [2.75, 3.05) is 6.61 Å². The van der Waals surface area contributed by atoms with E-state index in [0.717, 1.165) is 28.2 Å². The third-order valence-corrected chi connectivity index (χ3v) is 4.45. The summed E-state index contributed by atoms with van der Waals surface area (Å²) < 4.78 is 16.1. The summed E-state index contributed by atoms with van der Waals surface area (Å²) in [6.07, 6.45) is 0.745. The van der Waals surface area contributed by atoms with E-state index in [2.05, 4.69) is 15.5 Å². The lowest BCUT2D eigenvalue weighted by Crippen LogP contribution is -2.36. The Labute approximate surface area is 159 Å². The molecule has 0 aliphatic carbocycles. The highest BCUT2D eigenvalue weighted by Crippen LogP contribution is 2.30. The fourth-order valence-electron chi connectivity index (χ4n) is 2.24. The Balaban J connectivity index is 1.63. The van der Waals surface area contributed by atoms with Crippen LogP contribution in [-0.4, -0.2) is 34.0 Å². The number of benzene rings is 1. The van der Waals surface area contributed by atoms with E-state index >= 15 is 0 Å². The number of rotatable bonds is 7. The van der Waals surface area contributed by atoms with Crippen molar-refractivity contribution in [3.63, 3.8) is 0 Å². The zero-order valence-electron chi connectivity index (χ0n) is 14.8. The Hall–Kier alpha value is -2.91. The highest BCUT2D eigenvalue weighted by atomic mass is 32.1. The molecule has 3 rings (SSSR count). The molecule has 1 aromatic carbocycles. The molecule has 0 spiro atoms. The standard InChI is InChI=1S/C18H19N3O5S/c1-11(9-22)20-17(23)25-15-8-19-18(27-15)24-10-14-12(2)26-21-16(14)13-6-4-3-5-7-13/h3-8,11,22H,9-10H2,1-2H3,(H,20,23). The molecule has 2 aromatic heterocycles. The molecule has 9 heteroatoms. The summed E-state index contributed by atoms with van der Waals surface area (Å²) in [5, 5.41) is 16.2. The third-order valence-electron chi connectivity index (χ3n) is 3.67. The van der Waals surface area contributed by atoms with Gasteiger partial charge >= 0.3 is 6.09 Å². The molecule has 1 amide bonds. The molecule has 0 aliphatic rings. The maximum Gasteiger partial charge on any atom is 0.413 e. The molecule has 1 unspecified atom stereocenters. The lowest BCUT2D eigenvalue weighted by Gasteiger charge is -2.09. The molecule has 1 atom stereocenters. The van der Waals surface area contributed by atoms with Crippen LogP contribution in [0.1, 0.15) is 18.2 Å². The van der Waals surface area contributed by atoms with E-state index in [9.17, 15) is 4.79 Å². The van der Waals surface area contributed by atoms with E-state index in [0.29, 0.717) is 11.0 Å². The van der Waals surface area contributed by atoms with Gasteiger partial charge < -0.3 is 24.4 Å². The number of aromatic nitrogens is 2. The Bertz CT molecular complexity index is 894. The summed E-state index contributed by atoms with van der Waals surface area (Å²) in [6.45, 7) is 3.53. The zero-order valence-corrected chi connectivity index (χ0v) is 15.7. The Morgan fingerprint density at radius 3 is 2.89 bits per heavy atom. The van der Waals surface area contributed by atoms with Crippen LogP contribution in [0.4, 0.5) is 4.79 Å².